The van der Waals surface area contributed by atoms with E-state index in [-0.39, 0.29) is 11.4 Å². The van der Waals surface area contributed by atoms with Gasteiger partial charge in [0.2, 0.25) is 0 Å². The topological polar surface area (TPSA) is 38.8 Å². The fourth-order valence-electron chi connectivity index (χ4n) is 5.17. The number of rotatable bonds is 7. The lowest BCUT2D eigenvalue weighted by atomic mass is 9.72. The number of benzene rings is 2. The Bertz CT molecular complexity index is 949. The molecule has 0 amide bonds. The van der Waals surface area contributed by atoms with E-state index in [9.17, 15) is 4.79 Å². The molecular weight excluding hydrogens is 398 g/mol. The molecule has 0 N–H and O–H groups in total. The van der Waals surface area contributed by atoms with Crippen molar-refractivity contribution in [2.24, 2.45) is 16.7 Å². The summed E-state index contributed by atoms with van der Waals surface area (Å²) in [6.07, 6.45) is 6.96. The highest BCUT2D eigenvalue weighted by Crippen LogP contribution is 2.48. The quantitative estimate of drug-likeness (QED) is 0.457. The Balaban J connectivity index is 1.39. The molecule has 0 bridgehead atoms. The van der Waals surface area contributed by atoms with Gasteiger partial charge in [0.25, 0.3) is 0 Å². The predicted molar refractivity (Wildman–Crippen MR) is 131 cm³/mol. The summed E-state index contributed by atoms with van der Waals surface area (Å²) >= 11 is 0. The predicted octanol–water partition coefficient (Wildman–Crippen LogP) is 6.60. The highest BCUT2D eigenvalue weighted by molar-refractivity contribution is 5.87. The Morgan fingerprint density at radius 3 is 2.31 bits per heavy atom. The molecule has 4 nitrogen and oxygen atoms in total. The smallest absolute Gasteiger partial charge is 0.313 e. The molecule has 2 aliphatic rings. The second kappa shape index (κ2) is 8.96. The van der Waals surface area contributed by atoms with Crippen LogP contribution in [0.4, 0.5) is 5.69 Å². The van der Waals surface area contributed by atoms with Crippen molar-refractivity contribution in [2.75, 3.05) is 25.1 Å². The second-order valence-electron chi connectivity index (χ2n) is 11.0. The van der Waals surface area contributed by atoms with Crippen molar-refractivity contribution in [3.05, 3.63) is 36.4 Å². The fourth-order valence-corrected chi connectivity index (χ4v) is 5.17. The van der Waals surface area contributed by atoms with Gasteiger partial charge in [-0.05, 0) is 91.8 Å². The molecule has 2 saturated carbocycles. The van der Waals surface area contributed by atoms with Crippen LogP contribution in [-0.4, -0.2) is 32.3 Å². The van der Waals surface area contributed by atoms with Crippen LogP contribution in [0.15, 0.2) is 36.4 Å². The number of ether oxygens (including phenoxy) is 2. The zero-order chi connectivity index (χ0) is 22.9. The van der Waals surface area contributed by atoms with Gasteiger partial charge in [-0.25, -0.2) is 0 Å². The standard InChI is InChI=1S/C28H39NO3/c1-6-31-26(30)28(15-16-28)19-29(5)23-11-7-21-18-25(12-8-20(21)17-23)32-24-13-9-22(10-14-24)27(2,3)4/h7-8,11-12,17-18,22,24H,6,9-10,13-16,19H2,1-5H3. The molecule has 2 aliphatic carbocycles. The molecule has 2 aromatic carbocycles. The monoisotopic (exact) mass is 437 g/mol. The van der Waals surface area contributed by atoms with E-state index < -0.39 is 0 Å². The molecule has 0 spiro atoms. The first kappa shape index (κ1) is 22.9. The van der Waals surface area contributed by atoms with Crippen LogP contribution in [0.5, 0.6) is 5.75 Å². The number of esters is 1. The molecule has 0 atom stereocenters. The zero-order valence-corrected chi connectivity index (χ0v) is 20.4. The van der Waals surface area contributed by atoms with Crippen LogP contribution < -0.4 is 9.64 Å². The number of anilines is 1. The van der Waals surface area contributed by atoms with E-state index in [4.69, 9.17) is 9.47 Å². The average molecular weight is 438 g/mol. The highest BCUT2D eigenvalue weighted by atomic mass is 16.5. The number of hydrogen-bond acceptors (Lipinski definition) is 4. The van der Waals surface area contributed by atoms with E-state index >= 15 is 0 Å². The molecule has 2 aromatic rings. The van der Waals surface area contributed by atoms with Gasteiger partial charge < -0.3 is 14.4 Å². The fraction of sp³-hybridized carbons (Fsp3) is 0.607. The van der Waals surface area contributed by atoms with Crippen LogP contribution in [0.25, 0.3) is 10.8 Å². The van der Waals surface area contributed by atoms with Crippen molar-refractivity contribution < 1.29 is 14.3 Å². The lowest BCUT2D eigenvalue weighted by Gasteiger charge is -2.37. The SMILES string of the molecule is CCOC(=O)C1(CN(C)c2ccc3cc(OC4CCC(C(C)(C)C)CC4)ccc3c2)CC1. The molecule has 0 heterocycles. The van der Waals surface area contributed by atoms with E-state index in [1.807, 2.05) is 6.92 Å². The molecule has 0 aliphatic heterocycles. The summed E-state index contributed by atoms with van der Waals surface area (Å²) in [7, 11) is 2.06. The van der Waals surface area contributed by atoms with Gasteiger partial charge in [-0.2, -0.15) is 0 Å². The summed E-state index contributed by atoms with van der Waals surface area (Å²) in [6.45, 7) is 10.1. The maximum Gasteiger partial charge on any atom is 0.313 e. The summed E-state index contributed by atoms with van der Waals surface area (Å²) in [5.74, 6) is 1.72. The lowest BCUT2D eigenvalue weighted by molar-refractivity contribution is -0.149. The Labute approximate surface area is 193 Å². The molecule has 0 unspecified atom stereocenters. The first-order valence-corrected chi connectivity index (χ1v) is 12.3. The number of carbonyl (C=O) groups is 1. The van der Waals surface area contributed by atoms with Crippen LogP contribution in [-0.2, 0) is 9.53 Å². The van der Waals surface area contributed by atoms with Gasteiger partial charge in [0, 0.05) is 19.3 Å². The minimum atomic E-state index is -0.316. The van der Waals surface area contributed by atoms with Gasteiger partial charge in [0.15, 0.2) is 0 Å². The summed E-state index contributed by atoms with van der Waals surface area (Å²) < 4.78 is 11.7. The van der Waals surface area contributed by atoms with E-state index in [2.05, 4.69) is 69.1 Å². The van der Waals surface area contributed by atoms with Crippen molar-refractivity contribution in [3.63, 3.8) is 0 Å². The Morgan fingerprint density at radius 2 is 1.69 bits per heavy atom. The highest BCUT2D eigenvalue weighted by Gasteiger charge is 2.52. The molecular formula is C28H39NO3. The molecule has 4 rings (SSSR count). The summed E-state index contributed by atoms with van der Waals surface area (Å²) in [4.78, 5) is 14.5. The van der Waals surface area contributed by atoms with Crippen molar-refractivity contribution in [2.45, 2.75) is 72.3 Å². The Hall–Kier alpha value is -2.23. The maximum absolute atomic E-state index is 12.3. The van der Waals surface area contributed by atoms with Crippen molar-refractivity contribution >= 4 is 22.4 Å². The van der Waals surface area contributed by atoms with E-state index in [1.54, 1.807) is 0 Å². The van der Waals surface area contributed by atoms with Gasteiger partial charge in [-0.3, -0.25) is 4.79 Å². The van der Waals surface area contributed by atoms with Crippen molar-refractivity contribution in [3.8, 4) is 5.75 Å². The number of nitrogens with zero attached hydrogens (tertiary/aromatic N) is 1. The number of fused-ring (bicyclic) bond motifs is 1. The Kier molecular flexibility index (Phi) is 6.42. The number of hydrogen-bond donors (Lipinski definition) is 0. The molecule has 174 valence electrons. The largest absolute Gasteiger partial charge is 0.490 e. The summed E-state index contributed by atoms with van der Waals surface area (Å²) in [5.41, 5.74) is 1.21. The molecule has 32 heavy (non-hydrogen) atoms. The number of carbonyl (C=O) groups excluding carboxylic acids is 1. The molecule has 0 aromatic heterocycles. The first-order chi connectivity index (χ1) is 15.2. The Morgan fingerprint density at radius 1 is 1.03 bits per heavy atom. The van der Waals surface area contributed by atoms with Gasteiger partial charge in [-0.1, -0.05) is 32.9 Å². The third-order valence-electron chi connectivity index (χ3n) is 7.54. The maximum atomic E-state index is 12.3. The molecule has 4 heteroatoms. The van der Waals surface area contributed by atoms with E-state index in [1.165, 1.54) is 23.6 Å². The van der Waals surface area contributed by atoms with Crippen LogP contribution in [0.2, 0.25) is 0 Å². The minimum absolute atomic E-state index is 0.0500. The normalized spacial score (nSPS) is 22.4. The summed E-state index contributed by atoms with van der Waals surface area (Å²) in [5, 5.41) is 2.38. The van der Waals surface area contributed by atoms with Gasteiger partial charge in [0.1, 0.15) is 5.75 Å². The van der Waals surface area contributed by atoms with Crippen LogP contribution in [0, 0.1) is 16.7 Å². The first-order valence-electron chi connectivity index (χ1n) is 12.3. The van der Waals surface area contributed by atoms with Crippen molar-refractivity contribution in [1.82, 2.24) is 0 Å². The zero-order valence-electron chi connectivity index (χ0n) is 20.4. The third-order valence-corrected chi connectivity index (χ3v) is 7.54. The van der Waals surface area contributed by atoms with Gasteiger partial charge >= 0.3 is 5.97 Å². The third kappa shape index (κ3) is 5.05. The van der Waals surface area contributed by atoms with Crippen LogP contribution >= 0.6 is 0 Å². The summed E-state index contributed by atoms with van der Waals surface area (Å²) in [6, 6.07) is 12.9. The molecule has 0 radical (unpaired) electrons. The molecule has 0 saturated heterocycles. The second-order valence-corrected chi connectivity index (χ2v) is 11.0. The van der Waals surface area contributed by atoms with E-state index in [0.717, 1.165) is 43.0 Å². The van der Waals surface area contributed by atoms with Crippen molar-refractivity contribution in [1.29, 1.82) is 0 Å². The van der Waals surface area contributed by atoms with Gasteiger partial charge in [-0.15, -0.1) is 0 Å². The van der Waals surface area contributed by atoms with Crippen LogP contribution in [0.3, 0.4) is 0 Å². The van der Waals surface area contributed by atoms with Gasteiger partial charge in [0.05, 0.1) is 18.1 Å². The average Bonchev–Trinajstić information content (AvgIpc) is 3.54. The lowest BCUT2D eigenvalue weighted by Crippen LogP contribution is -2.33. The van der Waals surface area contributed by atoms with E-state index in [0.29, 0.717) is 24.7 Å². The van der Waals surface area contributed by atoms with Crippen LogP contribution in [0.1, 0.15) is 66.2 Å². The minimum Gasteiger partial charge on any atom is -0.490 e. The molecule has 2 fully saturated rings.